The van der Waals surface area contributed by atoms with E-state index >= 15 is 0 Å². The van der Waals surface area contributed by atoms with Crippen molar-refractivity contribution >= 4 is 11.8 Å². The van der Waals surface area contributed by atoms with Crippen molar-refractivity contribution in [2.45, 2.75) is 63.9 Å². The monoisotopic (exact) mass is 332 g/mol. The molecule has 2 aliphatic carbocycles. The van der Waals surface area contributed by atoms with Gasteiger partial charge in [-0.2, -0.15) is 0 Å². The fraction of sp³-hybridized carbons (Fsp3) is 0.600. The first-order valence-corrected chi connectivity index (χ1v) is 9.08. The highest BCUT2D eigenvalue weighted by molar-refractivity contribution is 6.07. The number of carboxylic acids is 1. The maximum atomic E-state index is 12.0. The summed E-state index contributed by atoms with van der Waals surface area (Å²) < 4.78 is 0. The largest absolute Gasteiger partial charge is 0.481 e. The van der Waals surface area contributed by atoms with E-state index in [9.17, 15) is 14.7 Å². The normalized spacial score (nSPS) is 24.5. The van der Waals surface area contributed by atoms with Gasteiger partial charge < -0.3 is 10.2 Å². The number of ketones is 1. The molecule has 0 radical (unpaired) electrons. The Hall–Kier alpha value is -1.68. The predicted octanol–water partition coefficient (Wildman–Crippen LogP) is 3.81. The molecule has 0 spiro atoms. The van der Waals surface area contributed by atoms with Gasteiger partial charge in [0.2, 0.25) is 0 Å². The molecule has 0 aromatic rings. The molecule has 132 valence electrons. The molecule has 0 bridgehead atoms. The van der Waals surface area contributed by atoms with E-state index in [-0.39, 0.29) is 18.1 Å². The zero-order valence-electron chi connectivity index (χ0n) is 14.2. The molecule has 24 heavy (non-hydrogen) atoms. The van der Waals surface area contributed by atoms with E-state index in [0.29, 0.717) is 12.3 Å². The fourth-order valence-corrected chi connectivity index (χ4v) is 3.50. The van der Waals surface area contributed by atoms with Gasteiger partial charge in [0.05, 0.1) is 6.10 Å². The van der Waals surface area contributed by atoms with Crippen molar-refractivity contribution in [2.24, 2.45) is 11.8 Å². The molecule has 0 saturated heterocycles. The molecule has 0 heterocycles. The Morgan fingerprint density at radius 3 is 2.71 bits per heavy atom. The van der Waals surface area contributed by atoms with E-state index < -0.39 is 12.1 Å². The van der Waals surface area contributed by atoms with Crippen LogP contribution in [-0.2, 0) is 9.59 Å². The maximum Gasteiger partial charge on any atom is 0.303 e. The van der Waals surface area contributed by atoms with Gasteiger partial charge in [-0.05, 0) is 44.1 Å². The molecule has 2 atom stereocenters. The third-order valence-electron chi connectivity index (χ3n) is 4.96. The van der Waals surface area contributed by atoms with E-state index in [4.69, 9.17) is 5.11 Å². The first-order valence-electron chi connectivity index (χ1n) is 9.08. The van der Waals surface area contributed by atoms with Gasteiger partial charge in [0.15, 0.2) is 5.78 Å². The Kier molecular flexibility index (Phi) is 7.44. The van der Waals surface area contributed by atoms with Gasteiger partial charge in [0.25, 0.3) is 0 Å². The number of hydrogen-bond acceptors (Lipinski definition) is 3. The SMILES string of the molecule is O=C(O)CCCCCC=C1C(=O)C=CC1C=CC(O)C1CCCC1. The number of carboxylic acid groups (broad SMARTS) is 1. The van der Waals surface area contributed by atoms with Gasteiger partial charge in [-0.15, -0.1) is 0 Å². The van der Waals surface area contributed by atoms with Gasteiger partial charge >= 0.3 is 5.97 Å². The number of rotatable bonds is 9. The van der Waals surface area contributed by atoms with E-state index in [1.807, 2.05) is 24.3 Å². The van der Waals surface area contributed by atoms with Crippen molar-refractivity contribution in [2.75, 3.05) is 0 Å². The lowest BCUT2D eigenvalue weighted by atomic mass is 9.95. The number of unbranched alkanes of at least 4 members (excludes halogenated alkanes) is 3. The molecule has 4 nitrogen and oxygen atoms in total. The van der Waals surface area contributed by atoms with E-state index in [1.165, 1.54) is 12.8 Å². The number of aliphatic hydroxyl groups is 1. The number of carbonyl (C=O) groups excluding carboxylic acids is 1. The van der Waals surface area contributed by atoms with Crippen LogP contribution >= 0.6 is 0 Å². The lowest BCUT2D eigenvalue weighted by molar-refractivity contribution is -0.137. The summed E-state index contributed by atoms with van der Waals surface area (Å²) in [4.78, 5) is 22.4. The Labute approximate surface area is 144 Å². The van der Waals surface area contributed by atoms with Gasteiger partial charge in [-0.25, -0.2) is 0 Å². The van der Waals surface area contributed by atoms with Gasteiger partial charge in [0, 0.05) is 17.9 Å². The molecule has 0 amide bonds. The minimum atomic E-state index is -0.755. The molecule has 0 aromatic carbocycles. The minimum Gasteiger partial charge on any atom is -0.481 e. The highest BCUT2D eigenvalue weighted by atomic mass is 16.4. The third-order valence-corrected chi connectivity index (χ3v) is 4.96. The van der Waals surface area contributed by atoms with Crippen molar-refractivity contribution in [1.82, 2.24) is 0 Å². The molecule has 2 N–H and O–H groups in total. The van der Waals surface area contributed by atoms with Crippen LogP contribution < -0.4 is 0 Å². The van der Waals surface area contributed by atoms with E-state index in [2.05, 4.69) is 0 Å². The van der Waals surface area contributed by atoms with Crippen LogP contribution in [0.25, 0.3) is 0 Å². The predicted molar refractivity (Wildman–Crippen MR) is 93.5 cm³/mol. The standard InChI is InChI=1S/C20H28O4/c21-18(16-7-5-6-8-16)13-11-15-12-14-19(22)17(15)9-3-1-2-4-10-20(23)24/h9,11-16,18,21H,1-8,10H2,(H,23,24). The minimum absolute atomic E-state index is 0.0347. The van der Waals surface area contributed by atoms with Crippen molar-refractivity contribution in [3.8, 4) is 0 Å². The second-order valence-corrected chi connectivity index (χ2v) is 6.82. The highest BCUT2D eigenvalue weighted by Crippen LogP contribution is 2.29. The van der Waals surface area contributed by atoms with Crippen molar-refractivity contribution in [3.63, 3.8) is 0 Å². The smallest absolute Gasteiger partial charge is 0.303 e. The average molecular weight is 332 g/mol. The van der Waals surface area contributed by atoms with Crippen molar-refractivity contribution < 1.29 is 19.8 Å². The fourth-order valence-electron chi connectivity index (χ4n) is 3.50. The lowest BCUT2D eigenvalue weighted by Gasteiger charge is -2.14. The van der Waals surface area contributed by atoms with Gasteiger partial charge in [0.1, 0.15) is 0 Å². The molecule has 2 rings (SSSR count). The van der Waals surface area contributed by atoms with Crippen LogP contribution in [-0.4, -0.2) is 28.1 Å². The summed E-state index contributed by atoms with van der Waals surface area (Å²) in [5.74, 6) is -0.378. The topological polar surface area (TPSA) is 74.6 Å². The van der Waals surface area contributed by atoms with Crippen LogP contribution in [0.1, 0.15) is 57.8 Å². The zero-order valence-corrected chi connectivity index (χ0v) is 14.2. The Bertz CT molecular complexity index is 524. The summed E-state index contributed by atoms with van der Waals surface area (Å²) in [5, 5.41) is 18.8. The quantitative estimate of drug-likeness (QED) is 0.382. The number of aliphatic carboxylic acids is 1. The van der Waals surface area contributed by atoms with E-state index in [1.54, 1.807) is 6.08 Å². The molecule has 1 fully saturated rings. The first-order chi connectivity index (χ1) is 11.6. The third kappa shape index (κ3) is 5.75. The average Bonchev–Trinajstić information content (AvgIpc) is 3.19. The Balaban J connectivity index is 1.80. The molecule has 2 aliphatic rings. The van der Waals surface area contributed by atoms with Crippen LogP contribution in [0.4, 0.5) is 0 Å². The first kappa shape index (κ1) is 18.7. The lowest BCUT2D eigenvalue weighted by Crippen LogP contribution is -2.14. The van der Waals surface area contributed by atoms with Crippen LogP contribution in [0.5, 0.6) is 0 Å². The van der Waals surface area contributed by atoms with E-state index in [0.717, 1.165) is 37.7 Å². The summed E-state index contributed by atoms with van der Waals surface area (Å²) in [5.41, 5.74) is 0.781. The number of carbonyl (C=O) groups is 2. The molecule has 0 aliphatic heterocycles. The highest BCUT2D eigenvalue weighted by Gasteiger charge is 2.23. The van der Waals surface area contributed by atoms with Crippen LogP contribution in [0.3, 0.4) is 0 Å². The number of allylic oxidation sites excluding steroid dienone is 5. The molecular weight excluding hydrogens is 304 g/mol. The summed E-state index contributed by atoms with van der Waals surface area (Å²) in [7, 11) is 0. The number of hydrogen-bond donors (Lipinski definition) is 2. The Morgan fingerprint density at radius 2 is 2.00 bits per heavy atom. The molecule has 1 saturated carbocycles. The van der Waals surface area contributed by atoms with Gasteiger partial charge in [-0.1, -0.05) is 43.6 Å². The van der Waals surface area contributed by atoms with Gasteiger partial charge in [-0.3, -0.25) is 9.59 Å². The Morgan fingerprint density at radius 1 is 1.25 bits per heavy atom. The summed E-state index contributed by atoms with van der Waals surface area (Å²) >= 11 is 0. The van der Waals surface area contributed by atoms with Crippen molar-refractivity contribution in [3.05, 3.63) is 36.0 Å². The van der Waals surface area contributed by atoms with Crippen LogP contribution in [0.2, 0.25) is 0 Å². The molecule has 2 unspecified atom stereocenters. The second-order valence-electron chi connectivity index (χ2n) is 6.82. The second kappa shape index (κ2) is 9.58. The molecular formula is C20H28O4. The van der Waals surface area contributed by atoms with Crippen LogP contribution in [0.15, 0.2) is 36.0 Å². The number of aliphatic hydroxyl groups excluding tert-OH is 1. The van der Waals surface area contributed by atoms with Crippen molar-refractivity contribution in [1.29, 1.82) is 0 Å². The molecule has 4 heteroatoms. The summed E-state index contributed by atoms with van der Waals surface area (Å²) in [6.45, 7) is 0. The maximum absolute atomic E-state index is 12.0. The summed E-state index contributed by atoms with van der Waals surface area (Å²) in [6.07, 6.45) is 16.9. The van der Waals surface area contributed by atoms with Crippen LogP contribution in [0, 0.1) is 11.8 Å². The summed E-state index contributed by atoms with van der Waals surface area (Å²) in [6, 6.07) is 0. The zero-order chi connectivity index (χ0) is 17.4. The molecule has 0 aromatic heterocycles.